The van der Waals surface area contributed by atoms with Crippen LogP contribution in [0, 0.1) is 6.92 Å². The lowest BCUT2D eigenvalue weighted by Crippen LogP contribution is -1.89. The largest absolute Gasteiger partial charge is 0.506 e. The van der Waals surface area contributed by atoms with Crippen molar-refractivity contribution in [2.24, 2.45) is 0 Å². The van der Waals surface area contributed by atoms with Gasteiger partial charge >= 0.3 is 0 Å². The number of anilines is 1. The first-order valence-electron chi connectivity index (χ1n) is 4.38. The van der Waals surface area contributed by atoms with Crippen LogP contribution in [0.2, 0.25) is 0 Å². The van der Waals surface area contributed by atoms with Gasteiger partial charge in [0.05, 0.1) is 10.7 Å². The van der Waals surface area contributed by atoms with Crippen LogP contribution in [0.5, 0.6) is 5.75 Å². The van der Waals surface area contributed by atoms with Crippen LogP contribution in [-0.4, -0.2) is 15.3 Å². The number of nitrogens with zero attached hydrogens (tertiary/aromatic N) is 1. The van der Waals surface area contributed by atoms with Gasteiger partial charge in [0.15, 0.2) is 0 Å². The van der Waals surface area contributed by atoms with E-state index in [4.69, 9.17) is 5.73 Å². The Labute approximate surface area is 95.3 Å². The summed E-state index contributed by atoms with van der Waals surface area (Å²) in [5.41, 5.74) is 8.12. The minimum absolute atomic E-state index is 0.230. The Balaban J connectivity index is 2.65. The summed E-state index contributed by atoms with van der Waals surface area (Å²) in [6.07, 6.45) is 1.63. The van der Waals surface area contributed by atoms with E-state index in [-0.39, 0.29) is 5.75 Å². The van der Waals surface area contributed by atoms with E-state index in [0.717, 1.165) is 16.7 Å². The fourth-order valence-corrected chi connectivity index (χ4v) is 2.04. The van der Waals surface area contributed by atoms with Crippen LogP contribution in [-0.2, 0) is 0 Å². The first kappa shape index (κ1) is 10.0. The van der Waals surface area contributed by atoms with Crippen LogP contribution in [0.3, 0.4) is 0 Å². The molecule has 1 aromatic heterocycles. The molecular formula is C10H10BrN3O. The monoisotopic (exact) mass is 267 g/mol. The molecule has 78 valence electrons. The second-order valence-electron chi connectivity index (χ2n) is 3.29. The molecule has 2 rings (SSSR count). The SMILES string of the molecule is Cc1ccc(-c2cn[nH]c2N)c(Br)c1O. The summed E-state index contributed by atoms with van der Waals surface area (Å²) >= 11 is 3.34. The maximum Gasteiger partial charge on any atom is 0.133 e. The van der Waals surface area contributed by atoms with Gasteiger partial charge < -0.3 is 10.8 Å². The van der Waals surface area contributed by atoms with E-state index in [9.17, 15) is 5.11 Å². The molecule has 0 atom stereocenters. The number of rotatable bonds is 1. The molecule has 0 unspecified atom stereocenters. The first-order valence-corrected chi connectivity index (χ1v) is 5.18. The number of aromatic nitrogens is 2. The number of nitrogen functional groups attached to an aromatic ring is 1. The minimum atomic E-state index is 0.230. The van der Waals surface area contributed by atoms with Gasteiger partial charge in [0.2, 0.25) is 0 Å². The molecule has 0 fully saturated rings. The molecule has 5 heteroatoms. The summed E-state index contributed by atoms with van der Waals surface area (Å²) in [6, 6.07) is 3.72. The third-order valence-electron chi connectivity index (χ3n) is 2.28. The van der Waals surface area contributed by atoms with Crippen molar-refractivity contribution in [3.63, 3.8) is 0 Å². The molecule has 0 amide bonds. The number of hydrogen-bond acceptors (Lipinski definition) is 3. The summed E-state index contributed by atoms with van der Waals surface area (Å²) in [6.45, 7) is 1.84. The molecular weight excluding hydrogens is 258 g/mol. The van der Waals surface area contributed by atoms with Gasteiger partial charge in [-0.15, -0.1) is 0 Å². The number of nitrogens with one attached hydrogen (secondary N) is 1. The molecule has 15 heavy (non-hydrogen) atoms. The van der Waals surface area contributed by atoms with E-state index in [0.29, 0.717) is 10.3 Å². The van der Waals surface area contributed by atoms with E-state index in [1.165, 1.54) is 0 Å². The number of aromatic amines is 1. The second kappa shape index (κ2) is 3.58. The van der Waals surface area contributed by atoms with Gasteiger partial charge in [0.1, 0.15) is 11.6 Å². The smallest absolute Gasteiger partial charge is 0.133 e. The van der Waals surface area contributed by atoms with Gasteiger partial charge in [-0.2, -0.15) is 5.10 Å². The molecule has 1 aromatic carbocycles. The van der Waals surface area contributed by atoms with Crippen molar-refractivity contribution >= 4 is 21.7 Å². The van der Waals surface area contributed by atoms with Crippen LogP contribution >= 0.6 is 15.9 Å². The van der Waals surface area contributed by atoms with E-state index in [2.05, 4.69) is 26.1 Å². The van der Waals surface area contributed by atoms with Crippen LogP contribution in [0.15, 0.2) is 22.8 Å². The second-order valence-corrected chi connectivity index (χ2v) is 4.08. The Morgan fingerprint density at radius 3 is 2.73 bits per heavy atom. The predicted molar refractivity (Wildman–Crippen MR) is 62.5 cm³/mol. The molecule has 4 N–H and O–H groups in total. The highest BCUT2D eigenvalue weighted by Crippen LogP contribution is 2.38. The number of benzene rings is 1. The lowest BCUT2D eigenvalue weighted by atomic mass is 10.1. The summed E-state index contributed by atoms with van der Waals surface area (Å²) < 4.78 is 0.635. The van der Waals surface area contributed by atoms with Crippen molar-refractivity contribution in [3.8, 4) is 16.9 Å². The number of hydrogen-bond donors (Lipinski definition) is 3. The molecule has 2 aromatic rings. The predicted octanol–water partition coefficient (Wildman–Crippen LogP) is 2.44. The van der Waals surface area contributed by atoms with E-state index in [1.807, 2.05) is 19.1 Å². The van der Waals surface area contributed by atoms with Crippen molar-refractivity contribution < 1.29 is 5.11 Å². The molecule has 0 aliphatic rings. The minimum Gasteiger partial charge on any atom is -0.506 e. The average molecular weight is 268 g/mol. The number of H-pyrrole nitrogens is 1. The summed E-state index contributed by atoms with van der Waals surface area (Å²) in [7, 11) is 0. The molecule has 4 nitrogen and oxygen atoms in total. The van der Waals surface area contributed by atoms with Gasteiger partial charge in [-0.3, -0.25) is 5.10 Å². The lowest BCUT2D eigenvalue weighted by molar-refractivity contribution is 0.468. The van der Waals surface area contributed by atoms with Gasteiger partial charge in [-0.1, -0.05) is 12.1 Å². The zero-order valence-corrected chi connectivity index (χ0v) is 9.67. The van der Waals surface area contributed by atoms with E-state index >= 15 is 0 Å². The molecule has 0 bridgehead atoms. The highest BCUT2D eigenvalue weighted by atomic mass is 79.9. The summed E-state index contributed by atoms with van der Waals surface area (Å²) in [5.74, 6) is 0.715. The molecule has 0 saturated carbocycles. The summed E-state index contributed by atoms with van der Waals surface area (Å²) in [4.78, 5) is 0. The Bertz CT molecular complexity index is 507. The van der Waals surface area contributed by atoms with Crippen molar-refractivity contribution in [2.45, 2.75) is 6.92 Å². The third-order valence-corrected chi connectivity index (χ3v) is 3.08. The topological polar surface area (TPSA) is 74.9 Å². The van der Waals surface area contributed by atoms with Gasteiger partial charge in [-0.05, 0) is 28.4 Å². The highest BCUT2D eigenvalue weighted by molar-refractivity contribution is 9.10. The van der Waals surface area contributed by atoms with Gasteiger partial charge in [-0.25, -0.2) is 0 Å². The molecule has 1 heterocycles. The Morgan fingerprint density at radius 2 is 2.13 bits per heavy atom. The molecule has 0 radical (unpaired) electrons. The summed E-state index contributed by atoms with van der Waals surface area (Å²) in [5, 5.41) is 16.3. The lowest BCUT2D eigenvalue weighted by Gasteiger charge is -2.07. The fraction of sp³-hybridized carbons (Fsp3) is 0.100. The maximum atomic E-state index is 9.76. The van der Waals surface area contributed by atoms with Gasteiger partial charge in [0.25, 0.3) is 0 Å². The number of phenolic OH excluding ortho intramolecular Hbond substituents is 1. The zero-order valence-electron chi connectivity index (χ0n) is 8.08. The van der Waals surface area contributed by atoms with Crippen LogP contribution < -0.4 is 5.73 Å². The fourth-order valence-electron chi connectivity index (χ4n) is 1.38. The first-order chi connectivity index (χ1) is 7.11. The van der Waals surface area contributed by atoms with Crippen molar-refractivity contribution in [1.82, 2.24) is 10.2 Å². The number of aryl methyl sites for hydroxylation is 1. The molecule has 0 aliphatic carbocycles. The Morgan fingerprint density at radius 1 is 1.40 bits per heavy atom. The van der Waals surface area contributed by atoms with Gasteiger partial charge in [0, 0.05) is 11.1 Å². The van der Waals surface area contributed by atoms with Crippen molar-refractivity contribution in [1.29, 1.82) is 0 Å². The normalized spacial score (nSPS) is 10.5. The Hall–Kier alpha value is -1.49. The van der Waals surface area contributed by atoms with Crippen molar-refractivity contribution in [2.75, 3.05) is 5.73 Å². The van der Waals surface area contributed by atoms with E-state index in [1.54, 1.807) is 6.20 Å². The quantitative estimate of drug-likeness (QED) is 0.743. The number of aromatic hydroxyl groups is 1. The molecule has 0 aliphatic heterocycles. The van der Waals surface area contributed by atoms with Crippen LogP contribution in [0.4, 0.5) is 5.82 Å². The van der Waals surface area contributed by atoms with Crippen molar-refractivity contribution in [3.05, 3.63) is 28.4 Å². The number of halogens is 1. The molecule has 0 spiro atoms. The van der Waals surface area contributed by atoms with Crippen LogP contribution in [0.25, 0.3) is 11.1 Å². The number of phenols is 1. The average Bonchev–Trinajstić information content (AvgIpc) is 2.62. The standard InChI is InChI=1S/C10H10BrN3O/c1-5-2-3-6(8(11)9(5)15)7-4-13-14-10(7)12/h2-4,15H,1H3,(H3,12,13,14). The Kier molecular flexibility index (Phi) is 2.40. The van der Waals surface area contributed by atoms with Crippen LogP contribution in [0.1, 0.15) is 5.56 Å². The van der Waals surface area contributed by atoms with E-state index < -0.39 is 0 Å². The number of nitrogens with two attached hydrogens (primary N) is 1. The maximum absolute atomic E-state index is 9.76. The zero-order chi connectivity index (χ0) is 11.0. The highest BCUT2D eigenvalue weighted by Gasteiger charge is 2.12. The third kappa shape index (κ3) is 1.59. The molecule has 0 saturated heterocycles.